The van der Waals surface area contributed by atoms with Crippen LogP contribution in [0.15, 0.2) is 29.4 Å². The van der Waals surface area contributed by atoms with E-state index in [4.69, 9.17) is 14.3 Å². The fraction of sp³-hybridized carbons (Fsp3) is 0.429. The molecule has 0 N–H and O–H groups in total. The van der Waals surface area contributed by atoms with Gasteiger partial charge in [-0.15, -0.1) is 0 Å². The van der Waals surface area contributed by atoms with Crippen molar-refractivity contribution in [2.24, 2.45) is 11.1 Å². The molecule has 0 spiro atoms. The number of carbonyl (C=O) groups excluding carboxylic acids is 1. The van der Waals surface area contributed by atoms with E-state index in [1.807, 2.05) is 0 Å². The van der Waals surface area contributed by atoms with Crippen molar-refractivity contribution in [2.45, 2.75) is 19.3 Å². The molecule has 20 heavy (non-hydrogen) atoms. The van der Waals surface area contributed by atoms with E-state index in [9.17, 15) is 9.18 Å². The number of ketones is 1. The zero-order valence-electron chi connectivity index (χ0n) is 10.9. The summed E-state index contributed by atoms with van der Waals surface area (Å²) < 4.78 is 24.9. The molecule has 0 amide bonds. The second-order valence-corrected chi connectivity index (χ2v) is 4.80. The first-order chi connectivity index (χ1) is 9.66. The predicted octanol–water partition coefficient (Wildman–Crippen LogP) is 1.83. The van der Waals surface area contributed by atoms with Gasteiger partial charge in [-0.05, 0) is 6.07 Å². The SMILES string of the molecule is CC(=O)C1=NO[C@H]2CO[C@@H](c3ccccc3F)OC[C@H]12. The van der Waals surface area contributed by atoms with E-state index in [1.54, 1.807) is 18.2 Å². The van der Waals surface area contributed by atoms with Crippen molar-refractivity contribution in [3.63, 3.8) is 0 Å². The third-order valence-corrected chi connectivity index (χ3v) is 3.45. The minimum atomic E-state index is -0.793. The Morgan fingerprint density at radius 1 is 1.30 bits per heavy atom. The number of halogens is 1. The first-order valence-corrected chi connectivity index (χ1v) is 6.39. The molecule has 2 aliphatic heterocycles. The summed E-state index contributed by atoms with van der Waals surface area (Å²) in [6.07, 6.45) is -1.15. The van der Waals surface area contributed by atoms with E-state index in [0.29, 0.717) is 11.3 Å². The molecule has 1 saturated heterocycles. The molecule has 0 unspecified atom stereocenters. The second-order valence-electron chi connectivity index (χ2n) is 4.80. The minimum absolute atomic E-state index is 0.148. The third kappa shape index (κ3) is 2.32. The maximum atomic E-state index is 13.7. The minimum Gasteiger partial charge on any atom is -0.389 e. The molecule has 0 saturated carbocycles. The highest BCUT2D eigenvalue weighted by molar-refractivity contribution is 6.40. The van der Waals surface area contributed by atoms with Gasteiger partial charge in [0.25, 0.3) is 0 Å². The Kier molecular flexibility index (Phi) is 3.50. The van der Waals surface area contributed by atoms with Gasteiger partial charge in [0.2, 0.25) is 0 Å². The van der Waals surface area contributed by atoms with Gasteiger partial charge in [0.1, 0.15) is 11.5 Å². The maximum absolute atomic E-state index is 13.7. The summed E-state index contributed by atoms with van der Waals surface area (Å²) in [5.74, 6) is -0.791. The molecule has 1 fully saturated rings. The first kappa shape index (κ1) is 13.2. The van der Waals surface area contributed by atoms with Crippen molar-refractivity contribution in [1.29, 1.82) is 0 Å². The molecule has 2 heterocycles. The van der Waals surface area contributed by atoms with Crippen molar-refractivity contribution in [3.8, 4) is 0 Å². The van der Waals surface area contributed by atoms with Crippen LogP contribution in [0.4, 0.5) is 4.39 Å². The number of fused-ring (bicyclic) bond motifs is 1. The van der Waals surface area contributed by atoms with Crippen LogP contribution in [0.5, 0.6) is 0 Å². The molecule has 5 nitrogen and oxygen atoms in total. The van der Waals surface area contributed by atoms with Crippen molar-refractivity contribution in [1.82, 2.24) is 0 Å². The van der Waals surface area contributed by atoms with Crippen molar-refractivity contribution in [2.75, 3.05) is 13.2 Å². The molecule has 2 aliphatic rings. The topological polar surface area (TPSA) is 57.1 Å². The van der Waals surface area contributed by atoms with Gasteiger partial charge in [-0.3, -0.25) is 4.79 Å². The molecule has 3 atom stereocenters. The molecule has 0 radical (unpaired) electrons. The summed E-state index contributed by atoms with van der Waals surface area (Å²) in [6, 6.07) is 6.29. The van der Waals surface area contributed by atoms with E-state index in [0.717, 1.165) is 0 Å². The van der Waals surface area contributed by atoms with Crippen LogP contribution in [-0.2, 0) is 19.1 Å². The monoisotopic (exact) mass is 279 g/mol. The zero-order valence-corrected chi connectivity index (χ0v) is 10.9. The highest BCUT2D eigenvalue weighted by atomic mass is 19.1. The second kappa shape index (κ2) is 5.30. The normalized spacial score (nSPS) is 29.1. The average molecular weight is 279 g/mol. The smallest absolute Gasteiger partial charge is 0.186 e. The number of benzene rings is 1. The largest absolute Gasteiger partial charge is 0.389 e. The van der Waals surface area contributed by atoms with Gasteiger partial charge in [-0.25, -0.2) is 4.39 Å². The van der Waals surface area contributed by atoms with Crippen molar-refractivity contribution < 1.29 is 23.5 Å². The molecule has 1 aromatic rings. The van der Waals surface area contributed by atoms with Crippen LogP contribution in [0.1, 0.15) is 18.8 Å². The van der Waals surface area contributed by atoms with E-state index in [1.165, 1.54) is 13.0 Å². The number of carbonyl (C=O) groups is 1. The van der Waals surface area contributed by atoms with Crippen LogP contribution >= 0.6 is 0 Å². The fourth-order valence-corrected chi connectivity index (χ4v) is 2.37. The number of Topliss-reactive ketones (excluding diaryl/α,β-unsaturated/α-hetero) is 1. The molecule has 106 valence electrons. The van der Waals surface area contributed by atoms with Crippen LogP contribution in [0.25, 0.3) is 0 Å². The zero-order chi connectivity index (χ0) is 14.1. The number of oxime groups is 1. The van der Waals surface area contributed by atoms with Gasteiger partial charge >= 0.3 is 0 Å². The Labute approximate surface area is 115 Å². The van der Waals surface area contributed by atoms with Gasteiger partial charge in [-0.2, -0.15) is 0 Å². The Balaban J connectivity index is 1.77. The lowest BCUT2D eigenvalue weighted by Gasteiger charge is -2.16. The maximum Gasteiger partial charge on any atom is 0.186 e. The van der Waals surface area contributed by atoms with Gasteiger partial charge < -0.3 is 14.3 Å². The molecule has 0 bridgehead atoms. The summed E-state index contributed by atoms with van der Waals surface area (Å²) in [6.45, 7) is 1.84. The summed E-state index contributed by atoms with van der Waals surface area (Å²) in [7, 11) is 0. The summed E-state index contributed by atoms with van der Waals surface area (Å²) in [4.78, 5) is 16.6. The quantitative estimate of drug-likeness (QED) is 0.828. The predicted molar refractivity (Wildman–Crippen MR) is 67.5 cm³/mol. The lowest BCUT2D eigenvalue weighted by molar-refractivity contribution is -0.141. The molecular formula is C14H14FNO4. The van der Waals surface area contributed by atoms with Crippen LogP contribution in [0, 0.1) is 11.7 Å². The number of hydrogen-bond donors (Lipinski definition) is 0. The van der Waals surface area contributed by atoms with Crippen LogP contribution < -0.4 is 0 Å². The Morgan fingerprint density at radius 2 is 2.05 bits per heavy atom. The van der Waals surface area contributed by atoms with Gasteiger partial charge in [0.05, 0.1) is 19.1 Å². The first-order valence-electron chi connectivity index (χ1n) is 6.39. The highest BCUT2D eigenvalue weighted by Gasteiger charge is 2.40. The van der Waals surface area contributed by atoms with Gasteiger partial charge in [-0.1, -0.05) is 23.4 Å². The lowest BCUT2D eigenvalue weighted by Crippen LogP contribution is -2.31. The number of nitrogens with zero attached hydrogens (tertiary/aromatic N) is 1. The van der Waals surface area contributed by atoms with E-state index in [2.05, 4.69) is 5.16 Å². The van der Waals surface area contributed by atoms with E-state index >= 15 is 0 Å². The number of ether oxygens (including phenoxy) is 2. The highest BCUT2D eigenvalue weighted by Crippen LogP contribution is 2.30. The molecule has 6 heteroatoms. The van der Waals surface area contributed by atoms with E-state index in [-0.39, 0.29) is 36.8 Å². The van der Waals surface area contributed by atoms with E-state index < -0.39 is 6.29 Å². The van der Waals surface area contributed by atoms with Crippen LogP contribution in [-0.4, -0.2) is 30.8 Å². The van der Waals surface area contributed by atoms with Gasteiger partial charge in [0, 0.05) is 12.5 Å². The van der Waals surface area contributed by atoms with Crippen LogP contribution in [0.3, 0.4) is 0 Å². The molecule has 0 aliphatic carbocycles. The van der Waals surface area contributed by atoms with Gasteiger partial charge in [0.15, 0.2) is 18.2 Å². The van der Waals surface area contributed by atoms with Crippen LogP contribution in [0.2, 0.25) is 0 Å². The average Bonchev–Trinajstić information content (AvgIpc) is 2.73. The molecule has 1 aromatic carbocycles. The Hall–Kier alpha value is -1.79. The summed E-state index contributed by atoms with van der Waals surface area (Å²) in [5, 5.41) is 3.77. The summed E-state index contributed by atoms with van der Waals surface area (Å²) >= 11 is 0. The Bertz CT molecular complexity index is 560. The van der Waals surface area contributed by atoms with Crippen molar-refractivity contribution in [3.05, 3.63) is 35.6 Å². The Morgan fingerprint density at radius 3 is 2.80 bits per heavy atom. The summed E-state index contributed by atoms with van der Waals surface area (Å²) in [5.41, 5.74) is 0.696. The van der Waals surface area contributed by atoms with Crippen molar-refractivity contribution >= 4 is 11.5 Å². The fourth-order valence-electron chi connectivity index (χ4n) is 2.37. The molecular weight excluding hydrogens is 265 g/mol. The molecule has 0 aromatic heterocycles. The molecule has 3 rings (SSSR count). The lowest BCUT2D eigenvalue weighted by atomic mass is 9.96. The standard InChI is InChI=1S/C14H14FNO4/c1-8(17)13-10-6-18-14(19-7-12(10)20-16-13)9-4-2-3-5-11(9)15/h2-5,10,12,14H,6-7H2,1H3/t10-,12-,14-/m0/s1. The number of hydrogen-bond acceptors (Lipinski definition) is 5. The third-order valence-electron chi connectivity index (χ3n) is 3.45. The number of rotatable bonds is 2.